The van der Waals surface area contributed by atoms with E-state index < -0.39 is 0 Å². The fourth-order valence-corrected chi connectivity index (χ4v) is 3.97. The third kappa shape index (κ3) is 7.34. The quantitative estimate of drug-likeness (QED) is 0.503. The highest BCUT2D eigenvalue weighted by Gasteiger charge is 2.10. The Hall–Kier alpha value is -2.09. The van der Waals surface area contributed by atoms with E-state index in [4.69, 9.17) is 9.47 Å². The van der Waals surface area contributed by atoms with Gasteiger partial charge in [-0.25, -0.2) is 0 Å². The summed E-state index contributed by atoms with van der Waals surface area (Å²) in [7, 11) is 3.91. The van der Waals surface area contributed by atoms with Gasteiger partial charge in [0.1, 0.15) is 12.4 Å². The summed E-state index contributed by atoms with van der Waals surface area (Å²) >= 11 is 1.80. The van der Waals surface area contributed by atoms with E-state index in [0.29, 0.717) is 6.61 Å². The molecule has 6 nitrogen and oxygen atoms in total. The average Bonchev–Trinajstić information content (AvgIpc) is 3.27. The summed E-state index contributed by atoms with van der Waals surface area (Å²) in [6.07, 6.45) is 1.03. The van der Waals surface area contributed by atoms with E-state index in [0.717, 1.165) is 64.1 Å². The maximum atomic E-state index is 5.96. The number of thiophene rings is 1. The molecule has 2 aromatic rings. The second-order valence-corrected chi connectivity index (χ2v) is 8.13. The number of nitrogens with zero attached hydrogens (tertiary/aromatic N) is 3. The second kappa shape index (κ2) is 11.8. The molecule has 0 aliphatic carbocycles. The molecule has 1 N–H and O–H groups in total. The lowest BCUT2D eigenvalue weighted by molar-refractivity contribution is 0.0322. The SMILES string of the molecule is CN=C(NCc1cccc(OCCN2CCOCC2)c1)N(C)CCc1cccs1. The molecule has 1 aliphatic rings. The third-order valence-electron chi connectivity index (χ3n) is 4.98. The van der Waals surface area contributed by atoms with Crippen LogP contribution in [0.25, 0.3) is 0 Å². The monoisotopic (exact) mass is 416 g/mol. The topological polar surface area (TPSA) is 49.3 Å². The second-order valence-electron chi connectivity index (χ2n) is 7.10. The molecular formula is C22H32N4O2S. The maximum Gasteiger partial charge on any atom is 0.193 e. The van der Waals surface area contributed by atoms with Gasteiger partial charge in [-0.2, -0.15) is 0 Å². The Balaban J connectivity index is 1.42. The summed E-state index contributed by atoms with van der Waals surface area (Å²) in [5.41, 5.74) is 1.18. The number of morpholine rings is 1. The molecule has 1 aromatic carbocycles. The highest BCUT2D eigenvalue weighted by atomic mass is 32.1. The fourth-order valence-electron chi connectivity index (χ4n) is 3.27. The van der Waals surface area contributed by atoms with Crippen LogP contribution in [-0.2, 0) is 17.7 Å². The molecule has 3 rings (SSSR count). The Morgan fingerprint density at radius 2 is 2.14 bits per heavy atom. The van der Waals surface area contributed by atoms with Crippen molar-refractivity contribution in [2.45, 2.75) is 13.0 Å². The van der Waals surface area contributed by atoms with Gasteiger partial charge < -0.3 is 19.7 Å². The zero-order valence-corrected chi connectivity index (χ0v) is 18.3. The molecule has 1 saturated heterocycles. The molecule has 0 atom stereocenters. The van der Waals surface area contributed by atoms with Gasteiger partial charge in [-0.3, -0.25) is 9.89 Å². The number of likely N-dealkylation sites (N-methyl/N-ethyl adjacent to an activating group) is 1. The Labute approximate surface area is 178 Å². The lowest BCUT2D eigenvalue weighted by Gasteiger charge is -2.26. The predicted molar refractivity (Wildman–Crippen MR) is 120 cm³/mol. The van der Waals surface area contributed by atoms with Crippen molar-refractivity contribution < 1.29 is 9.47 Å². The highest BCUT2D eigenvalue weighted by Crippen LogP contribution is 2.14. The van der Waals surface area contributed by atoms with Crippen molar-refractivity contribution in [1.82, 2.24) is 15.1 Å². The number of nitrogens with one attached hydrogen (secondary N) is 1. The first-order valence-corrected chi connectivity index (χ1v) is 11.1. The summed E-state index contributed by atoms with van der Waals surface area (Å²) in [4.78, 5) is 10.4. The Kier molecular flexibility index (Phi) is 8.80. The smallest absolute Gasteiger partial charge is 0.193 e. The van der Waals surface area contributed by atoms with Crippen LogP contribution in [0.4, 0.5) is 0 Å². The van der Waals surface area contributed by atoms with Gasteiger partial charge in [-0.05, 0) is 35.6 Å². The summed E-state index contributed by atoms with van der Waals surface area (Å²) in [5, 5.41) is 5.58. The Bertz CT molecular complexity index is 745. The minimum atomic E-state index is 0.698. The van der Waals surface area contributed by atoms with Crippen LogP contribution in [0.2, 0.25) is 0 Å². The molecular weight excluding hydrogens is 384 g/mol. The number of guanidine groups is 1. The van der Waals surface area contributed by atoms with E-state index >= 15 is 0 Å². The van der Waals surface area contributed by atoms with Gasteiger partial charge in [0.25, 0.3) is 0 Å². The zero-order valence-electron chi connectivity index (χ0n) is 17.5. The first-order chi connectivity index (χ1) is 14.2. The van der Waals surface area contributed by atoms with Crippen molar-refractivity contribution in [3.05, 3.63) is 52.2 Å². The number of benzene rings is 1. The largest absolute Gasteiger partial charge is 0.492 e. The van der Waals surface area contributed by atoms with Gasteiger partial charge >= 0.3 is 0 Å². The molecule has 2 heterocycles. The molecule has 0 radical (unpaired) electrons. The van der Waals surface area contributed by atoms with Crippen LogP contribution in [0.3, 0.4) is 0 Å². The number of hydrogen-bond acceptors (Lipinski definition) is 5. The molecule has 1 aliphatic heterocycles. The van der Waals surface area contributed by atoms with Gasteiger partial charge in [0.2, 0.25) is 0 Å². The van der Waals surface area contributed by atoms with Crippen molar-refractivity contribution in [3.8, 4) is 5.75 Å². The van der Waals surface area contributed by atoms with Gasteiger partial charge in [0.15, 0.2) is 5.96 Å². The van der Waals surface area contributed by atoms with Crippen LogP contribution in [0.5, 0.6) is 5.75 Å². The van der Waals surface area contributed by atoms with E-state index in [-0.39, 0.29) is 0 Å². The van der Waals surface area contributed by atoms with E-state index in [1.807, 2.05) is 19.2 Å². The Morgan fingerprint density at radius 1 is 1.28 bits per heavy atom. The van der Waals surface area contributed by atoms with E-state index in [9.17, 15) is 0 Å². The molecule has 0 bridgehead atoms. The first kappa shape index (κ1) is 21.6. The molecule has 0 spiro atoms. The van der Waals surface area contributed by atoms with E-state index in [1.54, 1.807) is 11.3 Å². The maximum absolute atomic E-state index is 5.96. The molecule has 7 heteroatoms. The molecule has 0 amide bonds. The summed E-state index contributed by atoms with van der Waals surface area (Å²) in [5.74, 6) is 1.82. The number of rotatable bonds is 9. The normalized spacial score (nSPS) is 15.3. The standard InChI is InChI=1S/C22H32N4O2S/c1-23-22(25(2)9-8-21-7-4-16-29-21)24-18-19-5-3-6-20(17-19)28-15-12-26-10-13-27-14-11-26/h3-7,16-17H,8-15,18H2,1-2H3,(H,23,24). The minimum Gasteiger partial charge on any atom is -0.492 e. The number of aliphatic imine (C=N–C) groups is 1. The highest BCUT2D eigenvalue weighted by molar-refractivity contribution is 7.09. The molecule has 158 valence electrons. The van der Waals surface area contributed by atoms with Gasteiger partial charge in [0.05, 0.1) is 13.2 Å². The van der Waals surface area contributed by atoms with Crippen molar-refractivity contribution in [3.63, 3.8) is 0 Å². The average molecular weight is 417 g/mol. The first-order valence-electron chi connectivity index (χ1n) is 10.2. The summed E-state index contributed by atoms with van der Waals surface area (Å²) in [6, 6.07) is 12.6. The summed E-state index contributed by atoms with van der Waals surface area (Å²) < 4.78 is 11.3. The lowest BCUT2D eigenvalue weighted by Crippen LogP contribution is -2.39. The van der Waals surface area contributed by atoms with Crippen molar-refractivity contribution in [2.24, 2.45) is 4.99 Å². The van der Waals surface area contributed by atoms with Crippen LogP contribution >= 0.6 is 11.3 Å². The molecule has 1 fully saturated rings. The lowest BCUT2D eigenvalue weighted by atomic mass is 10.2. The van der Waals surface area contributed by atoms with Crippen molar-refractivity contribution >= 4 is 17.3 Å². The zero-order chi connectivity index (χ0) is 20.3. The van der Waals surface area contributed by atoms with E-state index in [2.05, 4.69) is 56.8 Å². The molecule has 29 heavy (non-hydrogen) atoms. The van der Waals surface area contributed by atoms with Crippen LogP contribution in [0, 0.1) is 0 Å². The third-order valence-corrected chi connectivity index (χ3v) is 5.91. The van der Waals surface area contributed by atoms with Gasteiger partial charge in [-0.15, -0.1) is 11.3 Å². The summed E-state index contributed by atoms with van der Waals surface area (Å²) in [6.45, 7) is 6.92. The minimum absolute atomic E-state index is 0.698. The fraction of sp³-hybridized carbons (Fsp3) is 0.500. The van der Waals surface area contributed by atoms with Crippen LogP contribution < -0.4 is 10.1 Å². The number of ether oxygens (including phenoxy) is 2. The molecule has 0 unspecified atom stereocenters. The van der Waals surface area contributed by atoms with Crippen LogP contribution in [0.1, 0.15) is 10.4 Å². The van der Waals surface area contributed by atoms with Crippen LogP contribution in [-0.4, -0.2) is 75.9 Å². The van der Waals surface area contributed by atoms with E-state index in [1.165, 1.54) is 10.4 Å². The van der Waals surface area contributed by atoms with Crippen molar-refractivity contribution in [1.29, 1.82) is 0 Å². The van der Waals surface area contributed by atoms with Gasteiger partial charge in [0, 0.05) is 51.7 Å². The van der Waals surface area contributed by atoms with Crippen LogP contribution in [0.15, 0.2) is 46.8 Å². The predicted octanol–water partition coefficient (Wildman–Crippen LogP) is 2.71. The van der Waals surface area contributed by atoms with Crippen molar-refractivity contribution in [2.75, 3.05) is 60.1 Å². The number of hydrogen-bond donors (Lipinski definition) is 1. The Morgan fingerprint density at radius 3 is 2.90 bits per heavy atom. The van der Waals surface area contributed by atoms with Gasteiger partial charge in [-0.1, -0.05) is 18.2 Å². The molecule has 1 aromatic heterocycles. The molecule has 0 saturated carbocycles.